The lowest BCUT2D eigenvalue weighted by Crippen LogP contribution is -1.94. The van der Waals surface area contributed by atoms with E-state index in [-0.39, 0.29) is 5.78 Å². The van der Waals surface area contributed by atoms with Crippen LogP contribution < -0.4 is 0 Å². The Morgan fingerprint density at radius 2 is 2.06 bits per heavy atom. The van der Waals surface area contributed by atoms with Gasteiger partial charge in [-0.2, -0.15) is 0 Å². The van der Waals surface area contributed by atoms with Crippen LogP contribution in [-0.2, 0) is 6.42 Å². The van der Waals surface area contributed by atoms with Crippen LogP contribution in [0.25, 0.3) is 10.6 Å². The van der Waals surface area contributed by atoms with Gasteiger partial charge in [0, 0.05) is 6.20 Å². The van der Waals surface area contributed by atoms with Crippen LogP contribution in [0, 0.1) is 5.92 Å². The normalized spacial score (nSPS) is 10.9. The first-order valence-corrected chi connectivity index (χ1v) is 6.94. The van der Waals surface area contributed by atoms with Crippen molar-refractivity contribution >= 4 is 17.1 Å². The Hall–Kier alpha value is -1.48. The van der Waals surface area contributed by atoms with Crippen LogP contribution in [0.5, 0.6) is 0 Å². The molecule has 0 aliphatic heterocycles. The Morgan fingerprint density at radius 3 is 2.56 bits per heavy atom. The van der Waals surface area contributed by atoms with Gasteiger partial charge < -0.3 is 0 Å². The third kappa shape index (κ3) is 3.05. The highest BCUT2D eigenvalue weighted by molar-refractivity contribution is 7.17. The van der Waals surface area contributed by atoms with Crippen LogP contribution in [0.1, 0.15) is 36.0 Å². The highest BCUT2D eigenvalue weighted by Crippen LogP contribution is 2.27. The van der Waals surface area contributed by atoms with E-state index in [1.165, 1.54) is 16.9 Å². The van der Waals surface area contributed by atoms with E-state index in [0.29, 0.717) is 5.92 Å². The predicted molar refractivity (Wildman–Crippen MR) is 76.1 cm³/mol. The number of hydrogen-bond donors (Lipinski definition) is 0. The van der Waals surface area contributed by atoms with E-state index >= 15 is 0 Å². The third-order valence-corrected chi connectivity index (χ3v) is 3.88. The second kappa shape index (κ2) is 5.44. The Bertz CT molecular complexity index is 540. The molecule has 0 saturated heterocycles. The van der Waals surface area contributed by atoms with Crippen molar-refractivity contribution in [1.29, 1.82) is 0 Å². The molecule has 2 aromatic heterocycles. The van der Waals surface area contributed by atoms with Crippen molar-refractivity contribution in [3.05, 3.63) is 40.9 Å². The van der Waals surface area contributed by atoms with Gasteiger partial charge in [-0.05, 0) is 43.0 Å². The Morgan fingerprint density at radius 1 is 1.28 bits per heavy atom. The summed E-state index contributed by atoms with van der Waals surface area (Å²) in [5, 5.41) is 0. The van der Waals surface area contributed by atoms with Crippen LogP contribution >= 0.6 is 11.3 Å². The number of pyridine rings is 1. The summed E-state index contributed by atoms with van der Waals surface area (Å²) >= 11 is 1.50. The molecule has 0 atom stereocenters. The van der Waals surface area contributed by atoms with Crippen molar-refractivity contribution in [2.75, 3.05) is 0 Å². The van der Waals surface area contributed by atoms with Crippen LogP contribution in [0.4, 0.5) is 0 Å². The molecule has 0 fully saturated rings. The SMILES string of the molecule is CC(=O)c1ccc(-c2ccc(CC(C)C)cn2)s1. The maximum Gasteiger partial charge on any atom is 0.169 e. The first kappa shape index (κ1) is 13.0. The van der Waals surface area contributed by atoms with Crippen molar-refractivity contribution in [1.82, 2.24) is 4.98 Å². The van der Waals surface area contributed by atoms with Gasteiger partial charge in [0.05, 0.1) is 15.4 Å². The minimum absolute atomic E-state index is 0.114. The Balaban J connectivity index is 2.20. The lowest BCUT2D eigenvalue weighted by molar-refractivity contribution is 0.102. The minimum Gasteiger partial charge on any atom is -0.294 e. The van der Waals surface area contributed by atoms with E-state index in [1.54, 1.807) is 6.92 Å². The lowest BCUT2D eigenvalue weighted by atomic mass is 10.0. The summed E-state index contributed by atoms with van der Waals surface area (Å²) in [6.07, 6.45) is 2.99. The number of nitrogens with zero attached hydrogens (tertiary/aromatic N) is 1. The molecule has 0 aliphatic carbocycles. The quantitative estimate of drug-likeness (QED) is 0.770. The van der Waals surface area contributed by atoms with Crippen LogP contribution in [0.15, 0.2) is 30.5 Å². The monoisotopic (exact) mass is 259 g/mol. The molecular weight excluding hydrogens is 242 g/mol. The molecule has 3 heteroatoms. The molecule has 2 heterocycles. The maximum atomic E-state index is 11.3. The summed E-state index contributed by atoms with van der Waals surface area (Å²) in [6.45, 7) is 5.99. The first-order valence-electron chi connectivity index (χ1n) is 6.12. The van der Waals surface area contributed by atoms with E-state index in [9.17, 15) is 4.79 Å². The van der Waals surface area contributed by atoms with E-state index in [1.807, 2.05) is 24.4 Å². The van der Waals surface area contributed by atoms with E-state index in [0.717, 1.165) is 21.9 Å². The number of ketones is 1. The fraction of sp³-hybridized carbons (Fsp3) is 0.333. The van der Waals surface area contributed by atoms with Crippen molar-refractivity contribution in [2.45, 2.75) is 27.2 Å². The van der Waals surface area contributed by atoms with Crippen LogP contribution in [-0.4, -0.2) is 10.8 Å². The zero-order valence-corrected chi connectivity index (χ0v) is 11.8. The maximum absolute atomic E-state index is 11.3. The number of carbonyl (C=O) groups excluding carboxylic acids is 1. The van der Waals surface area contributed by atoms with Gasteiger partial charge in [-0.3, -0.25) is 9.78 Å². The summed E-state index contributed by atoms with van der Waals surface area (Å²) in [7, 11) is 0. The Kier molecular flexibility index (Phi) is 3.92. The number of aromatic nitrogens is 1. The third-order valence-electron chi connectivity index (χ3n) is 2.67. The average Bonchev–Trinajstić information content (AvgIpc) is 2.78. The number of hydrogen-bond acceptors (Lipinski definition) is 3. The molecule has 94 valence electrons. The average molecular weight is 259 g/mol. The molecule has 0 unspecified atom stereocenters. The molecule has 0 radical (unpaired) electrons. The molecule has 2 aromatic rings. The molecule has 0 N–H and O–H groups in total. The number of thiophene rings is 1. The number of rotatable bonds is 4. The molecule has 2 rings (SSSR count). The smallest absolute Gasteiger partial charge is 0.169 e. The van der Waals surface area contributed by atoms with Gasteiger partial charge in [0.25, 0.3) is 0 Å². The van der Waals surface area contributed by atoms with Crippen molar-refractivity contribution in [3.63, 3.8) is 0 Å². The zero-order chi connectivity index (χ0) is 13.1. The highest BCUT2D eigenvalue weighted by atomic mass is 32.1. The molecule has 18 heavy (non-hydrogen) atoms. The fourth-order valence-corrected chi connectivity index (χ4v) is 2.71. The van der Waals surface area contributed by atoms with Gasteiger partial charge in [-0.15, -0.1) is 11.3 Å². The topological polar surface area (TPSA) is 30.0 Å². The van der Waals surface area contributed by atoms with Crippen LogP contribution in [0.3, 0.4) is 0 Å². The molecule has 0 aromatic carbocycles. The van der Waals surface area contributed by atoms with E-state index < -0.39 is 0 Å². The predicted octanol–water partition coefficient (Wildman–Crippen LogP) is 4.21. The second-order valence-corrected chi connectivity index (χ2v) is 5.95. The Labute approximate surface area is 112 Å². The molecular formula is C15H17NOS. The van der Waals surface area contributed by atoms with Crippen molar-refractivity contribution in [2.24, 2.45) is 5.92 Å². The second-order valence-electron chi connectivity index (χ2n) is 4.87. The first-order chi connectivity index (χ1) is 8.56. The molecule has 0 spiro atoms. The molecule has 0 bridgehead atoms. The summed E-state index contributed by atoms with van der Waals surface area (Å²) in [4.78, 5) is 17.6. The van der Waals surface area contributed by atoms with Gasteiger partial charge in [-0.1, -0.05) is 19.9 Å². The summed E-state index contributed by atoms with van der Waals surface area (Å²) in [6, 6.07) is 7.99. The molecule has 2 nitrogen and oxygen atoms in total. The van der Waals surface area contributed by atoms with Crippen LogP contribution in [0.2, 0.25) is 0 Å². The van der Waals surface area contributed by atoms with Gasteiger partial charge in [-0.25, -0.2) is 0 Å². The summed E-state index contributed by atoms with van der Waals surface area (Å²) in [5.41, 5.74) is 2.21. The molecule has 0 saturated carbocycles. The number of Topliss-reactive ketones (excluding diaryl/α,β-unsaturated/α-hetero) is 1. The summed E-state index contributed by atoms with van der Waals surface area (Å²) in [5.74, 6) is 0.756. The summed E-state index contributed by atoms with van der Waals surface area (Å²) < 4.78 is 0. The fourth-order valence-electron chi connectivity index (χ4n) is 1.83. The van der Waals surface area contributed by atoms with Crippen molar-refractivity contribution < 1.29 is 4.79 Å². The minimum atomic E-state index is 0.114. The van der Waals surface area contributed by atoms with Gasteiger partial charge in [0.2, 0.25) is 0 Å². The number of carbonyl (C=O) groups is 1. The van der Waals surface area contributed by atoms with E-state index in [4.69, 9.17) is 0 Å². The van der Waals surface area contributed by atoms with E-state index in [2.05, 4.69) is 24.9 Å². The largest absolute Gasteiger partial charge is 0.294 e. The van der Waals surface area contributed by atoms with Gasteiger partial charge >= 0.3 is 0 Å². The lowest BCUT2D eigenvalue weighted by Gasteiger charge is -2.04. The van der Waals surface area contributed by atoms with Gasteiger partial charge in [0.15, 0.2) is 5.78 Å². The standard InChI is InChI=1S/C15H17NOS/c1-10(2)8-12-4-5-13(16-9-12)15-7-6-14(18-15)11(3)17/h4-7,9-10H,8H2,1-3H3. The molecule has 0 aliphatic rings. The van der Waals surface area contributed by atoms with Crippen molar-refractivity contribution in [3.8, 4) is 10.6 Å². The zero-order valence-electron chi connectivity index (χ0n) is 10.9. The van der Waals surface area contributed by atoms with Gasteiger partial charge in [0.1, 0.15) is 0 Å². The molecule has 0 amide bonds. The highest BCUT2D eigenvalue weighted by Gasteiger charge is 2.07.